The highest BCUT2D eigenvalue weighted by Crippen LogP contribution is 2.18. The Morgan fingerprint density at radius 3 is 2.38 bits per heavy atom. The minimum atomic E-state index is 0.834. The van der Waals surface area contributed by atoms with Crippen molar-refractivity contribution in [3.05, 3.63) is 23.8 Å². The van der Waals surface area contributed by atoms with Gasteiger partial charge in [-0.1, -0.05) is 20.8 Å². The van der Waals surface area contributed by atoms with Crippen LogP contribution in [-0.4, -0.2) is 7.05 Å². The second kappa shape index (κ2) is 6.35. The number of anilines is 2. The minimum absolute atomic E-state index is 0.834. The van der Waals surface area contributed by atoms with Crippen molar-refractivity contribution in [2.45, 2.75) is 27.2 Å². The van der Waals surface area contributed by atoms with Crippen LogP contribution in [0.1, 0.15) is 26.3 Å². The van der Waals surface area contributed by atoms with Gasteiger partial charge >= 0.3 is 0 Å². The Kier molecular flexibility index (Phi) is 5.77. The second-order valence-electron chi connectivity index (χ2n) is 2.52. The van der Waals surface area contributed by atoms with Crippen molar-refractivity contribution in [3.8, 4) is 0 Å². The maximum absolute atomic E-state index is 5.63. The van der Waals surface area contributed by atoms with Gasteiger partial charge in [0.2, 0.25) is 0 Å². The molecule has 74 valence electrons. The quantitative estimate of drug-likeness (QED) is 0.687. The Hall–Kier alpha value is -1.18. The van der Waals surface area contributed by atoms with E-state index >= 15 is 0 Å². The number of nitrogens with one attached hydrogen (secondary N) is 1. The topological polar surface area (TPSA) is 38.0 Å². The summed E-state index contributed by atoms with van der Waals surface area (Å²) in [5.74, 6) is 0. The first-order valence-electron chi connectivity index (χ1n) is 4.84. The fraction of sp³-hybridized carbons (Fsp3) is 0.455. The molecule has 1 aromatic carbocycles. The molecule has 0 aliphatic carbocycles. The first-order chi connectivity index (χ1) is 6.27. The summed E-state index contributed by atoms with van der Waals surface area (Å²) >= 11 is 0. The van der Waals surface area contributed by atoms with Gasteiger partial charge < -0.3 is 11.1 Å². The largest absolute Gasteiger partial charge is 0.399 e. The summed E-state index contributed by atoms with van der Waals surface area (Å²) in [6, 6.07) is 5.92. The van der Waals surface area contributed by atoms with Crippen LogP contribution < -0.4 is 11.1 Å². The van der Waals surface area contributed by atoms with E-state index in [1.807, 2.05) is 39.1 Å². The molecule has 2 heteroatoms. The third-order valence-corrected chi connectivity index (χ3v) is 1.78. The van der Waals surface area contributed by atoms with Gasteiger partial charge in [-0.3, -0.25) is 0 Å². The molecule has 0 aromatic heterocycles. The highest BCUT2D eigenvalue weighted by molar-refractivity contribution is 5.57. The van der Waals surface area contributed by atoms with Gasteiger partial charge in [0.25, 0.3) is 0 Å². The van der Waals surface area contributed by atoms with Gasteiger partial charge in [-0.2, -0.15) is 0 Å². The average Bonchev–Trinajstić information content (AvgIpc) is 2.20. The van der Waals surface area contributed by atoms with Gasteiger partial charge in [0.1, 0.15) is 0 Å². The molecule has 0 saturated carbocycles. The predicted octanol–water partition coefficient (Wildman–Crippen LogP) is 2.90. The van der Waals surface area contributed by atoms with Crippen LogP contribution in [0.15, 0.2) is 18.2 Å². The van der Waals surface area contributed by atoms with E-state index in [9.17, 15) is 0 Å². The standard InChI is InChI=1S/C9H14N2.C2H6/c1-3-7-6-8(10)4-5-9(7)11-2;1-2/h4-6,11H,3,10H2,1-2H3;1-2H3. The van der Waals surface area contributed by atoms with Crippen molar-refractivity contribution in [2.24, 2.45) is 0 Å². The molecule has 1 rings (SSSR count). The van der Waals surface area contributed by atoms with Crippen molar-refractivity contribution >= 4 is 11.4 Å². The van der Waals surface area contributed by atoms with Gasteiger partial charge in [-0.15, -0.1) is 0 Å². The minimum Gasteiger partial charge on any atom is -0.399 e. The molecule has 0 aliphatic rings. The Bertz CT molecular complexity index is 244. The third-order valence-electron chi connectivity index (χ3n) is 1.78. The monoisotopic (exact) mass is 180 g/mol. The maximum atomic E-state index is 5.63. The van der Waals surface area contributed by atoms with Crippen LogP contribution in [0.5, 0.6) is 0 Å². The zero-order valence-corrected chi connectivity index (χ0v) is 9.02. The number of hydrogen-bond acceptors (Lipinski definition) is 2. The lowest BCUT2D eigenvalue weighted by Gasteiger charge is -2.06. The van der Waals surface area contributed by atoms with E-state index in [1.165, 1.54) is 11.3 Å². The van der Waals surface area contributed by atoms with Crippen LogP contribution in [0.25, 0.3) is 0 Å². The third kappa shape index (κ3) is 3.36. The highest BCUT2D eigenvalue weighted by Gasteiger charge is 1.97. The smallest absolute Gasteiger partial charge is 0.0371 e. The molecule has 2 nitrogen and oxygen atoms in total. The fourth-order valence-electron chi connectivity index (χ4n) is 1.15. The molecular formula is C11H20N2. The first kappa shape index (κ1) is 11.8. The molecule has 0 radical (unpaired) electrons. The molecule has 0 spiro atoms. The van der Waals surface area contributed by atoms with Crippen molar-refractivity contribution in [3.63, 3.8) is 0 Å². The SMILES string of the molecule is CC.CCc1cc(N)ccc1NC. The lowest BCUT2D eigenvalue weighted by atomic mass is 10.1. The van der Waals surface area contributed by atoms with E-state index in [-0.39, 0.29) is 0 Å². The molecule has 0 fully saturated rings. The van der Waals surface area contributed by atoms with E-state index < -0.39 is 0 Å². The van der Waals surface area contributed by atoms with Crippen LogP contribution in [-0.2, 0) is 6.42 Å². The normalized spacial score (nSPS) is 8.62. The molecule has 3 N–H and O–H groups in total. The summed E-state index contributed by atoms with van der Waals surface area (Å²) in [4.78, 5) is 0. The van der Waals surface area contributed by atoms with Crippen molar-refractivity contribution in [2.75, 3.05) is 18.1 Å². The fourth-order valence-corrected chi connectivity index (χ4v) is 1.15. The Labute approximate surface area is 81.2 Å². The van der Waals surface area contributed by atoms with Crippen LogP contribution in [0.2, 0.25) is 0 Å². The molecule has 0 saturated heterocycles. The lowest BCUT2D eigenvalue weighted by molar-refractivity contribution is 1.14. The van der Waals surface area contributed by atoms with E-state index in [0.717, 1.165) is 12.1 Å². The molecular weight excluding hydrogens is 160 g/mol. The van der Waals surface area contributed by atoms with E-state index in [1.54, 1.807) is 0 Å². The second-order valence-corrected chi connectivity index (χ2v) is 2.52. The van der Waals surface area contributed by atoms with E-state index in [2.05, 4.69) is 12.2 Å². The number of nitrogen functional groups attached to an aromatic ring is 1. The first-order valence-corrected chi connectivity index (χ1v) is 4.84. The summed E-state index contributed by atoms with van der Waals surface area (Å²) in [6.07, 6.45) is 1.02. The van der Waals surface area contributed by atoms with E-state index in [0.29, 0.717) is 0 Å². The molecule has 1 aromatic rings. The maximum Gasteiger partial charge on any atom is 0.0371 e. The van der Waals surface area contributed by atoms with Crippen LogP contribution in [0.3, 0.4) is 0 Å². The number of nitrogens with two attached hydrogens (primary N) is 1. The van der Waals surface area contributed by atoms with Gasteiger partial charge in [0.05, 0.1) is 0 Å². The Balaban J connectivity index is 0.000000671. The Morgan fingerprint density at radius 1 is 1.31 bits per heavy atom. The summed E-state index contributed by atoms with van der Waals surface area (Å²) in [5, 5.41) is 3.12. The van der Waals surface area contributed by atoms with Gasteiger partial charge in [-0.05, 0) is 30.2 Å². The number of hydrogen-bond donors (Lipinski definition) is 2. The van der Waals surface area contributed by atoms with Crippen molar-refractivity contribution < 1.29 is 0 Å². The molecule has 0 bridgehead atoms. The number of rotatable bonds is 2. The molecule has 0 amide bonds. The molecule has 13 heavy (non-hydrogen) atoms. The predicted molar refractivity (Wildman–Crippen MR) is 61.1 cm³/mol. The van der Waals surface area contributed by atoms with Gasteiger partial charge in [0, 0.05) is 18.4 Å². The molecule has 0 aliphatic heterocycles. The van der Waals surface area contributed by atoms with Crippen LogP contribution in [0.4, 0.5) is 11.4 Å². The van der Waals surface area contributed by atoms with Crippen molar-refractivity contribution in [1.82, 2.24) is 0 Å². The molecule has 0 heterocycles. The summed E-state index contributed by atoms with van der Waals surface area (Å²) < 4.78 is 0. The molecule has 0 atom stereocenters. The Morgan fingerprint density at radius 2 is 1.92 bits per heavy atom. The number of benzene rings is 1. The van der Waals surface area contributed by atoms with Gasteiger partial charge in [-0.25, -0.2) is 0 Å². The number of aryl methyl sites for hydroxylation is 1. The summed E-state index contributed by atoms with van der Waals surface area (Å²) in [5.41, 5.74) is 8.90. The van der Waals surface area contributed by atoms with Crippen LogP contribution >= 0.6 is 0 Å². The highest BCUT2D eigenvalue weighted by atomic mass is 14.8. The van der Waals surface area contributed by atoms with Gasteiger partial charge in [0.15, 0.2) is 0 Å². The lowest BCUT2D eigenvalue weighted by Crippen LogP contribution is -1.95. The van der Waals surface area contributed by atoms with E-state index in [4.69, 9.17) is 5.73 Å². The molecule has 0 unspecified atom stereocenters. The van der Waals surface area contributed by atoms with Crippen molar-refractivity contribution in [1.29, 1.82) is 0 Å². The zero-order valence-electron chi connectivity index (χ0n) is 9.02. The zero-order chi connectivity index (χ0) is 10.3. The van der Waals surface area contributed by atoms with Crippen LogP contribution in [0, 0.1) is 0 Å². The summed E-state index contributed by atoms with van der Waals surface area (Å²) in [7, 11) is 1.92. The average molecular weight is 180 g/mol. The summed E-state index contributed by atoms with van der Waals surface area (Å²) in [6.45, 7) is 6.12.